The van der Waals surface area contributed by atoms with E-state index in [4.69, 9.17) is 0 Å². The molecule has 0 fully saturated rings. The Hall–Kier alpha value is -1.50. The number of thiophene rings is 1. The van der Waals surface area contributed by atoms with Gasteiger partial charge >= 0.3 is 5.00 Å². The molecule has 1 heterocycles. The van der Waals surface area contributed by atoms with E-state index in [9.17, 15) is 20.2 Å². The van der Waals surface area contributed by atoms with Crippen LogP contribution in [0.15, 0.2) is 5.38 Å². The average molecular weight is 188 g/mol. The monoisotopic (exact) mass is 188 g/mol. The van der Waals surface area contributed by atoms with Gasteiger partial charge in [-0.15, -0.1) is 0 Å². The van der Waals surface area contributed by atoms with E-state index in [1.54, 1.807) is 0 Å². The highest BCUT2D eigenvalue weighted by Gasteiger charge is 2.23. The molecule has 0 N–H and O–H groups in total. The van der Waals surface area contributed by atoms with E-state index < -0.39 is 9.85 Å². The SMILES string of the molecule is Cc1c([N+](=O)[O-])csc1[N+](=O)[O-]. The van der Waals surface area contributed by atoms with E-state index in [2.05, 4.69) is 0 Å². The first-order valence-corrected chi connectivity index (χ1v) is 3.79. The molecule has 0 spiro atoms. The predicted octanol–water partition coefficient (Wildman–Crippen LogP) is 1.87. The third kappa shape index (κ3) is 1.26. The van der Waals surface area contributed by atoms with Gasteiger partial charge < -0.3 is 0 Å². The van der Waals surface area contributed by atoms with Crippen molar-refractivity contribution in [3.8, 4) is 0 Å². The zero-order valence-electron chi connectivity index (χ0n) is 6.01. The zero-order valence-corrected chi connectivity index (χ0v) is 6.83. The Bertz CT molecular complexity index is 314. The first kappa shape index (κ1) is 8.60. The van der Waals surface area contributed by atoms with Crippen molar-refractivity contribution in [1.29, 1.82) is 0 Å². The molecule has 1 aromatic heterocycles. The summed E-state index contributed by atoms with van der Waals surface area (Å²) >= 11 is 0.772. The molecule has 64 valence electrons. The lowest BCUT2D eigenvalue weighted by molar-refractivity contribution is -0.391. The molecule has 0 amide bonds. The number of hydrogen-bond donors (Lipinski definition) is 0. The van der Waals surface area contributed by atoms with Crippen LogP contribution >= 0.6 is 11.3 Å². The molecule has 0 bridgehead atoms. The summed E-state index contributed by atoms with van der Waals surface area (Å²) in [5, 5.41) is 21.5. The summed E-state index contributed by atoms with van der Waals surface area (Å²) in [7, 11) is 0. The minimum absolute atomic E-state index is 0.120. The largest absolute Gasteiger partial charge is 0.334 e. The Morgan fingerprint density at radius 1 is 1.33 bits per heavy atom. The minimum Gasteiger partial charge on any atom is -0.258 e. The van der Waals surface area contributed by atoms with Crippen LogP contribution in [-0.4, -0.2) is 9.85 Å². The van der Waals surface area contributed by atoms with Gasteiger partial charge in [0.1, 0.15) is 5.56 Å². The molecular weight excluding hydrogens is 184 g/mol. The van der Waals surface area contributed by atoms with E-state index in [1.807, 2.05) is 0 Å². The highest BCUT2D eigenvalue weighted by atomic mass is 32.1. The fraction of sp³-hybridized carbons (Fsp3) is 0.200. The molecule has 0 aliphatic rings. The van der Waals surface area contributed by atoms with Gasteiger partial charge in [0.15, 0.2) is 0 Å². The van der Waals surface area contributed by atoms with Crippen molar-refractivity contribution in [1.82, 2.24) is 0 Å². The molecule has 1 aromatic rings. The smallest absolute Gasteiger partial charge is 0.258 e. The van der Waals surface area contributed by atoms with Gasteiger partial charge in [-0.1, -0.05) is 11.3 Å². The second-order valence-corrected chi connectivity index (χ2v) is 2.92. The Morgan fingerprint density at radius 2 is 1.92 bits per heavy atom. The van der Waals surface area contributed by atoms with Crippen molar-refractivity contribution in [3.05, 3.63) is 31.2 Å². The third-order valence-electron chi connectivity index (χ3n) is 1.35. The Kier molecular flexibility index (Phi) is 2.05. The van der Waals surface area contributed by atoms with E-state index >= 15 is 0 Å². The minimum atomic E-state index is -0.626. The third-order valence-corrected chi connectivity index (χ3v) is 2.37. The van der Waals surface area contributed by atoms with Crippen molar-refractivity contribution in [2.45, 2.75) is 6.92 Å². The standard InChI is InChI=1S/C5H4N2O4S/c1-3-4(6(8)9)2-12-5(3)7(10)11/h2H,1H3. The lowest BCUT2D eigenvalue weighted by atomic mass is 10.3. The summed E-state index contributed by atoms with van der Waals surface area (Å²) in [6.07, 6.45) is 0. The van der Waals surface area contributed by atoms with Gasteiger partial charge in [-0.2, -0.15) is 0 Å². The fourth-order valence-electron chi connectivity index (χ4n) is 0.758. The Morgan fingerprint density at radius 3 is 2.17 bits per heavy atom. The van der Waals surface area contributed by atoms with Crippen molar-refractivity contribution in [2.75, 3.05) is 0 Å². The van der Waals surface area contributed by atoms with Crippen LogP contribution in [0, 0.1) is 27.2 Å². The number of rotatable bonds is 2. The molecule has 0 aliphatic heterocycles. The van der Waals surface area contributed by atoms with Crippen LogP contribution in [0.5, 0.6) is 0 Å². The van der Waals surface area contributed by atoms with Crippen LogP contribution in [0.4, 0.5) is 10.7 Å². The van der Waals surface area contributed by atoms with Gasteiger partial charge in [0, 0.05) is 0 Å². The van der Waals surface area contributed by atoms with E-state index in [-0.39, 0.29) is 16.3 Å². The summed E-state index contributed by atoms with van der Waals surface area (Å²) < 4.78 is 0. The molecule has 6 nitrogen and oxygen atoms in total. The molecule has 0 unspecified atom stereocenters. The van der Waals surface area contributed by atoms with E-state index in [1.165, 1.54) is 12.3 Å². The van der Waals surface area contributed by atoms with Gasteiger partial charge in [-0.25, -0.2) is 0 Å². The predicted molar refractivity (Wildman–Crippen MR) is 42.4 cm³/mol. The Labute approximate surface area is 70.7 Å². The maximum Gasteiger partial charge on any atom is 0.334 e. The topological polar surface area (TPSA) is 86.3 Å². The van der Waals surface area contributed by atoms with Crippen LogP contribution in [0.1, 0.15) is 5.56 Å². The summed E-state index contributed by atoms with van der Waals surface area (Å²) in [5.41, 5.74) is -0.0679. The van der Waals surface area contributed by atoms with Gasteiger partial charge in [-0.3, -0.25) is 20.2 Å². The molecule has 0 aromatic carbocycles. The van der Waals surface area contributed by atoms with Gasteiger partial charge in [-0.05, 0) is 6.92 Å². The van der Waals surface area contributed by atoms with Gasteiger partial charge in [0.05, 0.1) is 15.2 Å². The molecule has 0 atom stereocenters. The lowest BCUT2D eigenvalue weighted by Gasteiger charge is -1.86. The highest BCUT2D eigenvalue weighted by Crippen LogP contribution is 2.33. The van der Waals surface area contributed by atoms with Crippen LogP contribution < -0.4 is 0 Å². The molecule has 0 saturated heterocycles. The molecule has 1 rings (SSSR count). The van der Waals surface area contributed by atoms with Crippen LogP contribution in [0.2, 0.25) is 0 Å². The summed E-state index contributed by atoms with van der Waals surface area (Å²) in [6.45, 7) is 1.37. The summed E-state index contributed by atoms with van der Waals surface area (Å²) in [5.74, 6) is 0. The fourth-order valence-corrected chi connectivity index (χ4v) is 1.61. The van der Waals surface area contributed by atoms with Gasteiger partial charge in [0.2, 0.25) is 0 Å². The Balaban J connectivity index is 3.22. The number of nitrogens with zero attached hydrogens (tertiary/aromatic N) is 2. The maximum atomic E-state index is 10.3. The number of hydrogen-bond acceptors (Lipinski definition) is 5. The van der Waals surface area contributed by atoms with Crippen LogP contribution in [0.25, 0.3) is 0 Å². The normalized spacial score (nSPS) is 9.75. The molecular formula is C5H4N2O4S. The average Bonchev–Trinajstić information content (AvgIpc) is 2.30. The summed E-state index contributed by atoms with van der Waals surface area (Å²) in [4.78, 5) is 19.3. The lowest BCUT2D eigenvalue weighted by Crippen LogP contribution is -1.90. The first-order valence-electron chi connectivity index (χ1n) is 2.91. The van der Waals surface area contributed by atoms with Crippen molar-refractivity contribution < 1.29 is 9.85 Å². The first-order chi connectivity index (χ1) is 5.54. The van der Waals surface area contributed by atoms with Crippen LogP contribution in [-0.2, 0) is 0 Å². The second-order valence-electron chi connectivity index (χ2n) is 2.07. The highest BCUT2D eigenvalue weighted by molar-refractivity contribution is 7.14. The summed E-state index contributed by atoms with van der Waals surface area (Å²) in [6, 6.07) is 0. The number of nitro groups is 2. The van der Waals surface area contributed by atoms with Crippen molar-refractivity contribution >= 4 is 22.0 Å². The molecule has 0 saturated carbocycles. The second kappa shape index (κ2) is 2.86. The molecule has 0 aliphatic carbocycles. The molecule has 0 radical (unpaired) electrons. The van der Waals surface area contributed by atoms with Crippen molar-refractivity contribution in [3.63, 3.8) is 0 Å². The van der Waals surface area contributed by atoms with Gasteiger partial charge in [0.25, 0.3) is 5.69 Å². The molecule has 7 heteroatoms. The van der Waals surface area contributed by atoms with E-state index in [0.29, 0.717) is 0 Å². The van der Waals surface area contributed by atoms with Crippen LogP contribution in [0.3, 0.4) is 0 Å². The molecule has 12 heavy (non-hydrogen) atoms. The zero-order chi connectivity index (χ0) is 9.30. The van der Waals surface area contributed by atoms with Crippen molar-refractivity contribution in [2.24, 2.45) is 0 Å². The van der Waals surface area contributed by atoms with E-state index in [0.717, 1.165) is 11.3 Å². The maximum absolute atomic E-state index is 10.3. The quantitative estimate of drug-likeness (QED) is 0.523.